The molecule has 0 spiro atoms. The van der Waals surface area contributed by atoms with Gasteiger partial charge in [0.1, 0.15) is 0 Å². The summed E-state index contributed by atoms with van der Waals surface area (Å²) in [5, 5.41) is 0.571. The molecular weight excluding hydrogens is 160 g/mol. The zero-order valence-corrected chi connectivity index (χ0v) is 11.0. The molecule has 0 aliphatic rings. The summed E-state index contributed by atoms with van der Waals surface area (Å²) in [6.45, 7) is 16.9. The van der Waals surface area contributed by atoms with Crippen LogP contribution in [-0.4, -0.2) is 8.07 Å². The second-order valence-corrected chi connectivity index (χ2v) is 11.8. The molecule has 0 aromatic heterocycles. The summed E-state index contributed by atoms with van der Waals surface area (Å²) in [6, 6.07) is 1.48. The molecule has 0 aliphatic carbocycles. The van der Waals surface area contributed by atoms with Gasteiger partial charge >= 0.3 is 0 Å². The molecule has 74 valence electrons. The predicted molar refractivity (Wildman–Crippen MR) is 61.5 cm³/mol. The van der Waals surface area contributed by atoms with E-state index in [-0.39, 0.29) is 0 Å². The van der Waals surface area contributed by atoms with Gasteiger partial charge in [-0.1, -0.05) is 60.2 Å². The summed E-state index contributed by atoms with van der Waals surface area (Å²) in [6.07, 6.45) is 1.41. The Morgan fingerprint density at radius 1 is 1.08 bits per heavy atom. The van der Waals surface area contributed by atoms with Gasteiger partial charge in [0.05, 0.1) is 8.07 Å². The smallest absolute Gasteiger partial charge is 0.0527 e. The van der Waals surface area contributed by atoms with Crippen LogP contribution in [0, 0.1) is 5.92 Å². The highest BCUT2D eigenvalue weighted by Gasteiger charge is 2.34. The molecule has 0 saturated carbocycles. The van der Waals surface area contributed by atoms with Gasteiger partial charge in [0.2, 0.25) is 0 Å². The minimum atomic E-state index is -0.968. The van der Waals surface area contributed by atoms with Gasteiger partial charge in [-0.2, -0.15) is 0 Å². The zero-order chi connectivity index (χ0) is 9.99. The van der Waals surface area contributed by atoms with Gasteiger partial charge < -0.3 is 0 Å². The monoisotopic (exact) mass is 186 g/mol. The Bertz CT molecular complexity index is 128. The summed E-state index contributed by atoms with van der Waals surface area (Å²) in [7, 11) is -0.968. The molecule has 0 aromatic rings. The van der Waals surface area contributed by atoms with Crippen molar-refractivity contribution in [2.24, 2.45) is 5.92 Å². The van der Waals surface area contributed by atoms with Crippen molar-refractivity contribution in [3.05, 3.63) is 0 Å². The van der Waals surface area contributed by atoms with Crippen molar-refractivity contribution in [2.45, 2.75) is 65.2 Å². The van der Waals surface area contributed by atoms with E-state index in [4.69, 9.17) is 0 Å². The van der Waals surface area contributed by atoms with Crippen LogP contribution in [0.3, 0.4) is 0 Å². The van der Waals surface area contributed by atoms with Gasteiger partial charge in [0, 0.05) is 0 Å². The summed E-state index contributed by atoms with van der Waals surface area (Å²) >= 11 is 0. The van der Waals surface area contributed by atoms with Gasteiger partial charge in [-0.25, -0.2) is 0 Å². The van der Waals surface area contributed by atoms with Crippen molar-refractivity contribution >= 4 is 8.07 Å². The van der Waals surface area contributed by atoms with E-state index in [0.717, 1.165) is 5.92 Å². The minimum absolute atomic E-state index is 0.571. The molecule has 0 fully saturated rings. The third kappa shape index (κ3) is 3.75. The molecule has 0 nitrogen and oxygen atoms in total. The lowest BCUT2D eigenvalue weighted by Crippen LogP contribution is -2.36. The van der Waals surface area contributed by atoms with E-state index in [1.807, 2.05) is 0 Å². The fraction of sp³-hybridized carbons (Fsp3) is 1.00. The zero-order valence-electron chi connectivity index (χ0n) is 9.99. The summed E-state index contributed by atoms with van der Waals surface area (Å²) in [5.74, 6) is 0.874. The first kappa shape index (κ1) is 12.2. The standard InChI is InChI=1S/C11H26Si/c1-10(2)8-9-12(6,7)11(3,4)5/h10H,8-9H2,1-7H3. The SMILES string of the molecule is CC(C)CC[Si](C)(C)C(C)(C)C. The molecule has 12 heavy (non-hydrogen) atoms. The van der Waals surface area contributed by atoms with Crippen molar-refractivity contribution in [3.63, 3.8) is 0 Å². The molecule has 0 unspecified atom stereocenters. The fourth-order valence-electron chi connectivity index (χ4n) is 1.02. The van der Waals surface area contributed by atoms with Crippen LogP contribution in [-0.2, 0) is 0 Å². The van der Waals surface area contributed by atoms with Crippen LogP contribution in [0.2, 0.25) is 24.2 Å². The van der Waals surface area contributed by atoms with E-state index < -0.39 is 8.07 Å². The molecule has 0 bridgehead atoms. The molecule has 0 atom stereocenters. The van der Waals surface area contributed by atoms with Gasteiger partial charge in [-0.3, -0.25) is 0 Å². The van der Waals surface area contributed by atoms with Crippen molar-refractivity contribution in [3.8, 4) is 0 Å². The first-order chi connectivity index (χ1) is 5.17. The molecule has 0 radical (unpaired) electrons. The Balaban J connectivity index is 4.05. The van der Waals surface area contributed by atoms with Crippen LogP contribution >= 0.6 is 0 Å². The Labute approximate surface area is 79.8 Å². The molecule has 0 N–H and O–H groups in total. The maximum absolute atomic E-state index is 2.52. The molecule has 1 heteroatoms. The van der Waals surface area contributed by atoms with E-state index in [1.54, 1.807) is 0 Å². The Morgan fingerprint density at radius 3 is 1.75 bits per heavy atom. The predicted octanol–water partition coefficient (Wildman–Crippen LogP) is 4.54. The molecule has 0 aliphatic heterocycles. The Kier molecular flexibility index (Phi) is 4.02. The van der Waals surface area contributed by atoms with Crippen LogP contribution in [0.5, 0.6) is 0 Å². The quantitative estimate of drug-likeness (QED) is 0.568. The molecule has 0 rings (SSSR count). The number of hydrogen-bond donors (Lipinski definition) is 0. The van der Waals surface area contributed by atoms with Crippen molar-refractivity contribution in [1.29, 1.82) is 0 Å². The van der Waals surface area contributed by atoms with Crippen molar-refractivity contribution < 1.29 is 0 Å². The second-order valence-electron chi connectivity index (χ2n) is 6.07. The summed E-state index contributed by atoms with van der Waals surface area (Å²) in [5.41, 5.74) is 0. The third-order valence-corrected chi connectivity index (χ3v) is 8.98. The van der Waals surface area contributed by atoms with Gasteiger partial charge in [0.25, 0.3) is 0 Å². The van der Waals surface area contributed by atoms with Crippen LogP contribution in [0.4, 0.5) is 0 Å². The third-order valence-electron chi connectivity index (χ3n) is 3.38. The lowest BCUT2D eigenvalue weighted by molar-refractivity contribution is 0.605. The average molecular weight is 186 g/mol. The van der Waals surface area contributed by atoms with Crippen LogP contribution < -0.4 is 0 Å². The van der Waals surface area contributed by atoms with Crippen molar-refractivity contribution in [1.82, 2.24) is 0 Å². The molecular formula is C11H26Si. The van der Waals surface area contributed by atoms with Crippen LogP contribution in [0.25, 0.3) is 0 Å². The van der Waals surface area contributed by atoms with E-state index >= 15 is 0 Å². The highest BCUT2D eigenvalue weighted by atomic mass is 28.3. The average Bonchev–Trinajstić information content (AvgIpc) is 1.81. The minimum Gasteiger partial charge on any atom is -0.0690 e. The van der Waals surface area contributed by atoms with Crippen LogP contribution in [0.1, 0.15) is 41.0 Å². The molecule has 0 heterocycles. The largest absolute Gasteiger partial charge is 0.0690 e. The van der Waals surface area contributed by atoms with Gasteiger partial charge in [0.15, 0.2) is 0 Å². The van der Waals surface area contributed by atoms with Gasteiger partial charge in [-0.05, 0) is 11.0 Å². The number of rotatable bonds is 3. The lowest BCUT2D eigenvalue weighted by Gasteiger charge is -2.37. The second kappa shape index (κ2) is 3.95. The maximum atomic E-state index is 2.52. The Hall–Kier alpha value is 0.217. The maximum Gasteiger partial charge on any atom is 0.0527 e. The van der Waals surface area contributed by atoms with E-state index in [0.29, 0.717) is 5.04 Å². The first-order valence-electron chi connectivity index (χ1n) is 5.17. The molecule has 0 aromatic carbocycles. The fourth-order valence-corrected chi connectivity index (χ4v) is 3.07. The van der Waals surface area contributed by atoms with Gasteiger partial charge in [-0.15, -0.1) is 0 Å². The number of hydrogen-bond acceptors (Lipinski definition) is 0. The van der Waals surface area contributed by atoms with E-state index in [9.17, 15) is 0 Å². The Morgan fingerprint density at radius 2 is 1.50 bits per heavy atom. The summed E-state index contributed by atoms with van der Waals surface area (Å²) in [4.78, 5) is 0. The highest BCUT2D eigenvalue weighted by molar-refractivity contribution is 6.80. The topological polar surface area (TPSA) is 0 Å². The van der Waals surface area contributed by atoms with Crippen LogP contribution in [0.15, 0.2) is 0 Å². The van der Waals surface area contributed by atoms with E-state index in [1.165, 1.54) is 12.5 Å². The lowest BCUT2D eigenvalue weighted by atomic mass is 10.2. The molecule has 0 saturated heterocycles. The van der Waals surface area contributed by atoms with Crippen molar-refractivity contribution in [2.75, 3.05) is 0 Å². The first-order valence-corrected chi connectivity index (χ1v) is 8.37. The highest BCUT2D eigenvalue weighted by Crippen LogP contribution is 2.39. The normalized spacial score (nSPS) is 14.0. The molecule has 0 amide bonds. The van der Waals surface area contributed by atoms with E-state index in [2.05, 4.69) is 47.7 Å². The summed E-state index contributed by atoms with van der Waals surface area (Å²) < 4.78 is 0.